The summed E-state index contributed by atoms with van der Waals surface area (Å²) in [5, 5.41) is 10.8. The Bertz CT molecular complexity index is 1320. The van der Waals surface area contributed by atoms with E-state index in [1.807, 2.05) is 12.1 Å². The molecule has 4 aromatic rings. The van der Waals surface area contributed by atoms with Crippen LogP contribution in [-0.2, 0) is 9.84 Å². The van der Waals surface area contributed by atoms with Gasteiger partial charge in [-0.3, -0.25) is 10.1 Å². The maximum absolute atomic E-state index is 12.5. The molecule has 2 aromatic heterocycles. The van der Waals surface area contributed by atoms with Crippen molar-refractivity contribution in [2.24, 2.45) is 0 Å². The van der Waals surface area contributed by atoms with Crippen molar-refractivity contribution < 1.29 is 26.8 Å². The number of nitrogens with zero attached hydrogens (tertiary/aromatic N) is 2. The lowest BCUT2D eigenvalue weighted by atomic mass is 10.2. The smallest absolute Gasteiger partial charge is 0.322 e. The molecule has 1 N–H and O–H groups in total. The van der Waals surface area contributed by atoms with Gasteiger partial charge in [0.25, 0.3) is 11.8 Å². The van der Waals surface area contributed by atoms with Gasteiger partial charge in [0, 0.05) is 11.6 Å². The van der Waals surface area contributed by atoms with E-state index in [1.54, 1.807) is 18.2 Å². The second kappa shape index (κ2) is 7.06. The Labute approximate surface area is 165 Å². The molecular weight excluding hydrogens is 398 g/mol. The van der Waals surface area contributed by atoms with Gasteiger partial charge in [-0.1, -0.05) is 29.4 Å². The van der Waals surface area contributed by atoms with Gasteiger partial charge in [0.05, 0.1) is 17.6 Å². The molecule has 0 bridgehead atoms. The quantitative estimate of drug-likeness (QED) is 0.529. The molecule has 0 fully saturated rings. The molecule has 0 aliphatic rings. The number of carbonyl (C=O) groups excluding carboxylic acids is 1. The van der Waals surface area contributed by atoms with Crippen LogP contribution in [0.2, 0.25) is 0 Å². The number of methoxy groups -OCH3 is 1. The Balaban J connectivity index is 1.62. The van der Waals surface area contributed by atoms with E-state index in [0.717, 1.165) is 11.6 Å². The van der Waals surface area contributed by atoms with Gasteiger partial charge in [-0.15, -0.1) is 5.10 Å². The standard InChI is InChI=1S/C19H15N3O6S/c1-26-13-8-5-6-11-10-14(27-16(11)13)18-21-22-19(28-18)20-17(23)12-7-3-4-9-15(12)29(2,24)25/h3-10H,1-2H3,(H,20,22,23). The van der Waals surface area contributed by atoms with Crippen molar-refractivity contribution in [1.82, 2.24) is 10.2 Å². The van der Waals surface area contributed by atoms with Gasteiger partial charge in [-0.05, 0) is 24.3 Å². The van der Waals surface area contributed by atoms with E-state index >= 15 is 0 Å². The van der Waals surface area contributed by atoms with E-state index in [0.29, 0.717) is 17.1 Å². The van der Waals surface area contributed by atoms with Gasteiger partial charge < -0.3 is 13.6 Å². The highest BCUT2D eigenvalue weighted by atomic mass is 32.2. The summed E-state index contributed by atoms with van der Waals surface area (Å²) in [7, 11) is -2.05. The third-order valence-electron chi connectivity index (χ3n) is 4.12. The minimum atomic E-state index is -3.58. The minimum absolute atomic E-state index is 0.0248. The lowest BCUT2D eigenvalue weighted by Crippen LogP contribution is -2.16. The number of para-hydroxylation sites is 1. The SMILES string of the molecule is COc1cccc2cc(-c3nnc(NC(=O)c4ccccc4S(C)(=O)=O)o3)oc12. The number of benzene rings is 2. The van der Waals surface area contributed by atoms with E-state index in [2.05, 4.69) is 15.5 Å². The van der Waals surface area contributed by atoms with Crippen molar-refractivity contribution in [3.8, 4) is 17.4 Å². The molecule has 0 atom stereocenters. The number of ether oxygens (including phenoxy) is 1. The van der Waals surface area contributed by atoms with Crippen molar-refractivity contribution in [3.63, 3.8) is 0 Å². The van der Waals surface area contributed by atoms with E-state index in [4.69, 9.17) is 13.6 Å². The zero-order chi connectivity index (χ0) is 20.6. The first-order valence-electron chi connectivity index (χ1n) is 8.37. The molecule has 4 rings (SSSR count). The Morgan fingerprint density at radius 3 is 2.62 bits per heavy atom. The van der Waals surface area contributed by atoms with Crippen LogP contribution in [-0.4, -0.2) is 37.9 Å². The number of carbonyl (C=O) groups is 1. The van der Waals surface area contributed by atoms with Crippen LogP contribution >= 0.6 is 0 Å². The molecule has 29 heavy (non-hydrogen) atoms. The number of aromatic nitrogens is 2. The predicted octanol–water partition coefficient (Wildman–Crippen LogP) is 3.15. The number of amides is 1. The summed E-state index contributed by atoms with van der Waals surface area (Å²) in [6.07, 6.45) is 1.03. The van der Waals surface area contributed by atoms with Crippen LogP contribution in [0.4, 0.5) is 6.01 Å². The normalized spacial score (nSPS) is 11.5. The number of sulfone groups is 1. The molecular formula is C19H15N3O6S. The molecule has 0 aliphatic heterocycles. The fourth-order valence-corrected chi connectivity index (χ4v) is 3.70. The van der Waals surface area contributed by atoms with E-state index < -0.39 is 15.7 Å². The monoisotopic (exact) mass is 413 g/mol. The molecule has 2 aromatic carbocycles. The minimum Gasteiger partial charge on any atom is -0.493 e. The zero-order valence-corrected chi connectivity index (χ0v) is 16.2. The van der Waals surface area contributed by atoms with Gasteiger partial charge in [-0.25, -0.2) is 8.42 Å². The highest BCUT2D eigenvalue weighted by Crippen LogP contribution is 2.33. The van der Waals surface area contributed by atoms with Crippen LogP contribution in [0.1, 0.15) is 10.4 Å². The lowest BCUT2D eigenvalue weighted by Gasteiger charge is -2.06. The molecule has 148 valence electrons. The number of rotatable bonds is 5. The van der Waals surface area contributed by atoms with E-state index in [9.17, 15) is 13.2 Å². The molecule has 2 heterocycles. The molecule has 0 radical (unpaired) electrons. The molecule has 0 aliphatic carbocycles. The van der Waals surface area contributed by atoms with Gasteiger partial charge in [-0.2, -0.15) is 0 Å². The fourth-order valence-electron chi connectivity index (χ4n) is 2.82. The number of hydrogen-bond donors (Lipinski definition) is 1. The first-order valence-corrected chi connectivity index (χ1v) is 10.3. The number of hydrogen-bond acceptors (Lipinski definition) is 8. The molecule has 1 amide bonds. The Hall–Kier alpha value is -3.66. The first kappa shape index (κ1) is 18.7. The second-order valence-electron chi connectivity index (χ2n) is 6.12. The van der Waals surface area contributed by atoms with Crippen molar-refractivity contribution >= 4 is 32.7 Å². The first-order chi connectivity index (χ1) is 13.9. The molecule has 0 saturated heterocycles. The number of anilines is 1. The Kier molecular flexibility index (Phi) is 4.55. The summed E-state index contributed by atoms with van der Waals surface area (Å²) in [5.41, 5.74) is 0.499. The molecule has 9 nitrogen and oxygen atoms in total. The third kappa shape index (κ3) is 3.57. The van der Waals surface area contributed by atoms with Gasteiger partial charge in [0.1, 0.15) is 0 Å². The largest absolute Gasteiger partial charge is 0.493 e. The summed E-state index contributed by atoms with van der Waals surface area (Å²) in [6, 6.07) is 12.8. The van der Waals surface area contributed by atoms with Crippen LogP contribution in [0.25, 0.3) is 22.6 Å². The predicted molar refractivity (Wildman–Crippen MR) is 104 cm³/mol. The van der Waals surface area contributed by atoms with E-state index in [-0.39, 0.29) is 22.4 Å². The lowest BCUT2D eigenvalue weighted by molar-refractivity contribution is 0.102. The number of fused-ring (bicyclic) bond motifs is 1. The van der Waals surface area contributed by atoms with E-state index in [1.165, 1.54) is 25.3 Å². The summed E-state index contributed by atoms with van der Waals surface area (Å²) >= 11 is 0. The topological polar surface area (TPSA) is 125 Å². The highest BCUT2D eigenvalue weighted by Gasteiger charge is 2.21. The van der Waals surface area contributed by atoms with Crippen molar-refractivity contribution in [2.45, 2.75) is 4.90 Å². The van der Waals surface area contributed by atoms with Crippen molar-refractivity contribution in [2.75, 3.05) is 18.7 Å². The maximum Gasteiger partial charge on any atom is 0.322 e. The van der Waals surface area contributed by atoms with Crippen molar-refractivity contribution in [3.05, 3.63) is 54.1 Å². The second-order valence-corrected chi connectivity index (χ2v) is 8.11. The molecule has 0 saturated carbocycles. The Morgan fingerprint density at radius 1 is 1.07 bits per heavy atom. The van der Waals surface area contributed by atoms with Crippen LogP contribution in [0.15, 0.2) is 62.3 Å². The summed E-state index contributed by atoms with van der Waals surface area (Å²) in [6.45, 7) is 0. The maximum atomic E-state index is 12.5. The van der Waals surface area contributed by atoms with Gasteiger partial charge in [0.2, 0.25) is 0 Å². The van der Waals surface area contributed by atoms with Crippen LogP contribution in [0.5, 0.6) is 5.75 Å². The average Bonchev–Trinajstić information content (AvgIpc) is 3.33. The molecule has 0 unspecified atom stereocenters. The van der Waals surface area contributed by atoms with Crippen LogP contribution in [0.3, 0.4) is 0 Å². The highest BCUT2D eigenvalue weighted by molar-refractivity contribution is 7.90. The number of nitrogens with one attached hydrogen (secondary N) is 1. The third-order valence-corrected chi connectivity index (χ3v) is 5.27. The summed E-state index contributed by atoms with van der Waals surface area (Å²) in [5.74, 6) is 0.218. The average molecular weight is 413 g/mol. The molecule has 10 heteroatoms. The van der Waals surface area contributed by atoms with Gasteiger partial charge >= 0.3 is 6.01 Å². The number of furan rings is 1. The van der Waals surface area contributed by atoms with Crippen LogP contribution in [0, 0.1) is 0 Å². The van der Waals surface area contributed by atoms with Crippen LogP contribution < -0.4 is 10.1 Å². The van der Waals surface area contributed by atoms with Crippen molar-refractivity contribution in [1.29, 1.82) is 0 Å². The van der Waals surface area contributed by atoms with Gasteiger partial charge in [0.15, 0.2) is 26.9 Å². The molecule has 0 spiro atoms. The zero-order valence-electron chi connectivity index (χ0n) is 15.4. The summed E-state index contributed by atoms with van der Waals surface area (Å²) < 4.78 is 40.2. The summed E-state index contributed by atoms with van der Waals surface area (Å²) in [4.78, 5) is 12.4. The Morgan fingerprint density at radius 2 is 1.86 bits per heavy atom. The fraction of sp³-hybridized carbons (Fsp3) is 0.105.